The molecule has 0 aliphatic heterocycles. The lowest BCUT2D eigenvalue weighted by Gasteiger charge is -2.10. The Balaban J connectivity index is 1.07. The summed E-state index contributed by atoms with van der Waals surface area (Å²) in [6, 6.07) is 64.5. The van der Waals surface area contributed by atoms with Crippen molar-refractivity contribution in [3.63, 3.8) is 0 Å². The topological polar surface area (TPSA) is 64.5 Å². The number of benzene rings is 7. The molecule has 0 N–H and O–H groups in total. The third-order valence-electron chi connectivity index (χ3n) is 9.78. The van der Waals surface area contributed by atoms with Crippen molar-refractivity contribution in [1.82, 2.24) is 24.9 Å². The molecule has 0 saturated heterocycles. The number of nitrogens with zero attached hydrogens (tertiary/aromatic N) is 5. The van der Waals surface area contributed by atoms with Gasteiger partial charge in [-0.3, -0.25) is 0 Å². The smallest absolute Gasteiger partial charge is 0.164 e. The third kappa shape index (κ3) is 6.24. The maximum Gasteiger partial charge on any atom is 0.164 e. The van der Waals surface area contributed by atoms with Crippen LogP contribution in [-0.2, 0) is 0 Å². The lowest BCUT2D eigenvalue weighted by Crippen LogP contribution is -2.00. The largest absolute Gasteiger partial charge is 0.228 e. The Morgan fingerprint density at radius 2 is 0.745 bits per heavy atom. The molecule has 0 fully saturated rings. The fourth-order valence-corrected chi connectivity index (χ4v) is 8.34. The zero-order valence-electron chi connectivity index (χ0n) is 29.5. The minimum absolute atomic E-state index is 0.650. The first kappa shape index (κ1) is 32.5. The van der Waals surface area contributed by atoms with Gasteiger partial charge in [-0.2, -0.15) is 0 Å². The van der Waals surface area contributed by atoms with Crippen molar-refractivity contribution in [2.75, 3.05) is 0 Å². The molecule has 10 aromatic rings. The summed E-state index contributed by atoms with van der Waals surface area (Å²) in [4.78, 5) is 25.1. The minimum atomic E-state index is 0.650. The van der Waals surface area contributed by atoms with Crippen molar-refractivity contribution in [3.8, 4) is 79.2 Å². The van der Waals surface area contributed by atoms with Gasteiger partial charge in [0.15, 0.2) is 23.3 Å². The van der Waals surface area contributed by atoms with Crippen molar-refractivity contribution in [3.05, 3.63) is 188 Å². The van der Waals surface area contributed by atoms with Crippen molar-refractivity contribution in [2.45, 2.75) is 0 Å². The fraction of sp³-hybridized carbons (Fsp3) is 0. The number of hydrogen-bond acceptors (Lipinski definition) is 6. The van der Waals surface area contributed by atoms with Gasteiger partial charge < -0.3 is 0 Å². The third-order valence-corrected chi connectivity index (χ3v) is 11.0. The van der Waals surface area contributed by atoms with Gasteiger partial charge >= 0.3 is 0 Å². The first-order valence-electron chi connectivity index (χ1n) is 18.2. The van der Waals surface area contributed by atoms with Crippen LogP contribution in [0.1, 0.15) is 0 Å². The summed E-state index contributed by atoms with van der Waals surface area (Å²) in [5.41, 5.74) is 10.1. The number of aromatic nitrogens is 5. The first-order valence-corrected chi connectivity index (χ1v) is 19.0. The summed E-state index contributed by atoms with van der Waals surface area (Å²) in [5, 5.41) is 2.32. The normalized spacial score (nSPS) is 11.3. The number of rotatable bonds is 7. The molecule has 0 saturated carbocycles. The maximum atomic E-state index is 5.08. The van der Waals surface area contributed by atoms with E-state index in [1.165, 1.54) is 20.3 Å². The lowest BCUT2D eigenvalue weighted by molar-refractivity contribution is 1.08. The van der Waals surface area contributed by atoms with Crippen molar-refractivity contribution in [2.24, 2.45) is 0 Å². The van der Waals surface area contributed by atoms with E-state index in [1.54, 1.807) is 11.3 Å². The summed E-state index contributed by atoms with van der Waals surface area (Å²) < 4.78 is 2.40. The number of thiophene rings is 1. The lowest BCUT2D eigenvalue weighted by atomic mass is 9.99. The second-order valence-corrected chi connectivity index (χ2v) is 14.3. The molecule has 55 heavy (non-hydrogen) atoms. The molecule has 0 radical (unpaired) electrons. The van der Waals surface area contributed by atoms with Crippen molar-refractivity contribution >= 4 is 31.5 Å². The van der Waals surface area contributed by atoms with Crippen LogP contribution in [0.15, 0.2) is 188 Å². The monoisotopic (exact) mass is 721 g/mol. The highest BCUT2D eigenvalue weighted by Gasteiger charge is 2.19. The summed E-state index contributed by atoms with van der Waals surface area (Å²) in [7, 11) is 0. The van der Waals surface area contributed by atoms with E-state index in [-0.39, 0.29) is 0 Å². The summed E-state index contributed by atoms with van der Waals surface area (Å²) in [5.74, 6) is 2.66. The van der Waals surface area contributed by atoms with Crippen LogP contribution in [0.25, 0.3) is 99.4 Å². The van der Waals surface area contributed by atoms with Crippen LogP contribution in [0.5, 0.6) is 0 Å². The van der Waals surface area contributed by atoms with E-state index in [0.29, 0.717) is 23.3 Å². The highest BCUT2D eigenvalue weighted by Crippen LogP contribution is 2.44. The van der Waals surface area contributed by atoms with E-state index in [4.69, 9.17) is 24.9 Å². The van der Waals surface area contributed by atoms with Gasteiger partial charge in [-0.1, -0.05) is 176 Å². The highest BCUT2D eigenvalue weighted by atomic mass is 32.1. The molecular formula is C49H31N5S. The maximum absolute atomic E-state index is 5.08. The van der Waals surface area contributed by atoms with E-state index in [2.05, 4.69) is 91.0 Å². The summed E-state index contributed by atoms with van der Waals surface area (Å²) >= 11 is 1.80. The second kappa shape index (κ2) is 14.0. The van der Waals surface area contributed by atoms with E-state index in [9.17, 15) is 0 Å². The highest BCUT2D eigenvalue weighted by molar-refractivity contribution is 7.26. The second-order valence-electron chi connectivity index (χ2n) is 13.3. The molecule has 3 aromatic heterocycles. The molecule has 10 rings (SSSR count). The number of hydrogen-bond donors (Lipinski definition) is 0. The Hall–Kier alpha value is -7.15. The average molecular weight is 722 g/mol. The Bertz CT molecular complexity index is 2830. The molecular weight excluding hydrogens is 691 g/mol. The average Bonchev–Trinajstić information content (AvgIpc) is 3.67. The van der Waals surface area contributed by atoms with Crippen molar-refractivity contribution in [1.29, 1.82) is 0 Å². The van der Waals surface area contributed by atoms with E-state index in [1.807, 2.05) is 97.1 Å². The van der Waals surface area contributed by atoms with Gasteiger partial charge in [-0.25, -0.2) is 24.9 Å². The van der Waals surface area contributed by atoms with Crippen LogP contribution in [0.4, 0.5) is 0 Å². The number of fused-ring (bicyclic) bond motifs is 3. The SMILES string of the molecule is c1ccc(-c2cc(-c3ccc(-c4cccc5c4sc4cccc(-c6nc(-c7ccccc7)nc(-c7ccccc7)n6)c45)cc3)nc(-c3ccccc3)n2)cc1. The van der Waals surface area contributed by atoms with Gasteiger partial charge in [0.05, 0.1) is 11.4 Å². The molecule has 6 heteroatoms. The molecule has 0 aliphatic carbocycles. The molecule has 0 bridgehead atoms. The van der Waals surface area contributed by atoms with Gasteiger partial charge in [0.2, 0.25) is 0 Å². The molecule has 258 valence electrons. The predicted octanol–water partition coefficient (Wildman–Crippen LogP) is 12.7. The Kier molecular flexibility index (Phi) is 8.28. The van der Waals surface area contributed by atoms with Gasteiger partial charge in [0.25, 0.3) is 0 Å². The molecule has 0 aliphatic rings. The quantitative estimate of drug-likeness (QED) is 0.164. The molecule has 3 heterocycles. The van der Waals surface area contributed by atoms with E-state index in [0.717, 1.165) is 55.7 Å². The predicted molar refractivity (Wildman–Crippen MR) is 226 cm³/mol. The minimum Gasteiger partial charge on any atom is -0.228 e. The van der Waals surface area contributed by atoms with Crippen LogP contribution in [0, 0.1) is 0 Å². The zero-order valence-corrected chi connectivity index (χ0v) is 30.4. The van der Waals surface area contributed by atoms with E-state index < -0.39 is 0 Å². The zero-order chi connectivity index (χ0) is 36.6. The van der Waals surface area contributed by atoms with Crippen molar-refractivity contribution < 1.29 is 0 Å². The van der Waals surface area contributed by atoms with Gasteiger partial charge in [0, 0.05) is 53.6 Å². The Labute approximate surface area is 322 Å². The van der Waals surface area contributed by atoms with Crippen LogP contribution < -0.4 is 0 Å². The Morgan fingerprint density at radius 1 is 0.309 bits per heavy atom. The van der Waals surface area contributed by atoms with E-state index >= 15 is 0 Å². The Morgan fingerprint density at radius 3 is 1.31 bits per heavy atom. The standard InChI is InChI=1S/C49H31N5S/c1-5-15-33(16-6-1)41-31-42(51-46(50-41)35-17-7-2-8-18-35)34-29-27-32(28-30-34)38-23-13-24-39-44-40(25-14-26-43(44)55-45(38)39)49-53-47(36-19-9-3-10-20-36)52-48(54-49)37-21-11-4-12-22-37/h1-31H. The fourth-order valence-electron chi connectivity index (χ4n) is 7.08. The summed E-state index contributed by atoms with van der Waals surface area (Å²) in [6.45, 7) is 0. The summed E-state index contributed by atoms with van der Waals surface area (Å²) in [6.07, 6.45) is 0. The molecule has 0 unspecified atom stereocenters. The van der Waals surface area contributed by atoms with Crippen LogP contribution in [0.3, 0.4) is 0 Å². The van der Waals surface area contributed by atoms with Crippen LogP contribution in [-0.4, -0.2) is 24.9 Å². The van der Waals surface area contributed by atoms with Crippen LogP contribution in [0.2, 0.25) is 0 Å². The van der Waals surface area contributed by atoms with Crippen LogP contribution >= 0.6 is 11.3 Å². The molecule has 0 atom stereocenters. The van der Waals surface area contributed by atoms with Gasteiger partial charge in [-0.15, -0.1) is 11.3 Å². The van der Waals surface area contributed by atoms with Gasteiger partial charge in [0.1, 0.15) is 0 Å². The molecule has 0 amide bonds. The molecule has 7 aromatic carbocycles. The first-order chi connectivity index (χ1) is 27.2. The molecule has 5 nitrogen and oxygen atoms in total. The molecule has 0 spiro atoms. The van der Waals surface area contributed by atoms with Gasteiger partial charge in [-0.05, 0) is 23.3 Å².